The van der Waals surface area contributed by atoms with Crippen molar-refractivity contribution < 1.29 is 17.9 Å². The first-order valence-corrected chi connectivity index (χ1v) is 11.0. The fourth-order valence-corrected chi connectivity index (χ4v) is 5.06. The molecule has 1 saturated heterocycles. The predicted molar refractivity (Wildman–Crippen MR) is 108 cm³/mol. The number of rotatable bonds is 7. The molecule has 1 unspecified atom stereocenters. The highest BCUT2D eigenvalue weighted by molar-refractivity contribution is 7.89. The average Bonchev–Trinajstić information content (AvgIpc) is 3.18. The first-order chi connectivity index (χ1) is 13.4. The number of halogens is 1. The van der Waals surface area contributed by atoms with Crippen LogP contribution in [0.4, 0.5) is 0 Å². The number of ether oxygens (including phenoxy) is 1. The molecule has 0 bridgehead atoms. The summed E-state index contributed by atoms with van der Waals surface area (Å²) in [5.74, 6) is 0.406. The lowest BCUT2D eigenvalue weighted by atomic mass is 10.2. The van der Waals surface area contributed by atoms with Gasteiger partial charge in [0.15, 0.2) is 0 Å². The van der Waals surface area contributed by atoms with Crippen LogP contribution in [0.5, 0.6) is 5.75 Å². The van der Waals surface area contributed by atoms with E-state index in [0.717, 1.165) is 5.56 Å². The molecule has 0 spiro atoms. The fraction of sp³-hybridized carbons (Fsp3) is 0.350. The quantitative estimate of drug-likeness (QED) is 0.743. The van der Waals surface area contributed by atoms with Crippen molar-refractivity contribution in [3.63, 3.8) is 0 Å². The van der Waals surface area contributed by atoms with Crippen molar-refractivity contribution in [3.05, 3.63) is 59.1 Å². The Hall–Kier alpha value is -2.09. The third kappa shape index (κ3) is 4.48. The number of nitrogens with zero attached hydrogens (tertiary/aromatic N) is 1. The summed E-state index contributed by atoms with van der Waals surface area (Å²) in [6.07, 6.45) is 1.13. The van der Waals surface area contributed by atoms with Crippen LogP contribution in [0.15, 0.2) is 53.4 Å². The van der Waals surface area contributed by atoms with Gasteiger partial charge in [-0.3, -0.25) is 4.79 Å². The van der Waals surface area contributed by atoms with Gasteiger partial charge in [0.25, 0.3) is 0 Å². The molecule has 1 amide bonds. The summed E-state index contributed by atoms with van der Waals surface area (Å²) in [6.45, 7) is 3.02. The number of benzene rings is 2. The van der Waals surface area contributed by atoms with Gasteiger partial charge in [-0.25, -0.2) is 8.42 Å². The summed E-state index contributed by atoms with van der Waals surface area (Å²) in [5.41, 5.74) is 0.850. The summed E-state index contributed by atoms with van der Waals surface area (Å²) < 4.78 is 32.8. The number of amides is 1. The van der Waals surface area contributed by atoms with Gasteiger partial charge in [0, 0.05) is 23.7 Å². The predicted octanol–water partition coefficient (Wildman–Crippen LogP) is 3.21. The van der Waals surface area contributed by atoms with Gasteiger partial charge in [0.1, 0.15) is 11.8 Å². The normalized spacial score (nSPS) is 17.4. The average molecular weight is 423 g/mol. The summed E-state index contributed by atoms with van der Waals surface area (Å²) in [7, 11) is -3.76. The Labute approximate surface area is 170 Å². The minimum Gasteiger partial charge on any atom is -0.494 e. The Morgan fingerprint density at radius 1 is 1.21 bits per heavy atom. The van der Waals surface area contributed by atoms with Gasteiger partial charge < -0.3 is 10.1 Å². The maximum Gasteiger partial charge on any atom is 0.243 e. The molecular weight excluding hydrogens is 400 g/mol. The van der Waals surface area contributed by atoms with Gasteiger partial charge in [-0.1, -0.05) is 29.8 Å². The van der Waals surface area contributed by atoms with Crippen LogP contribution in [-0.4, -0.2) is 37.8 Å². The first-order valence-electron chi connectivity index (χ1n) is 9.19. The van der Waals surface area contributed by atoms with Gasteiger partial charge >= 0.3 is 0 Å². The largest absolute Gasteiger partial charge is 0.494 e. The Balaban J connectivity index is 1.72. The maximum absolute atomic E-state index is 13.0. The second-order valence-electron chi connectivity index (χ2n) is 6.49. The van der Waals surface area contributed by atoms with Crippen LogP contribution >= 0.6 is 11.6 Å². The summed E-state index contributed by atoms with van der Waals surface area (Å²) in [5, 5.41) is 3.32. The highest BCUT2D eigenvalue weighted by atomic mass is 35.5. The summed E-state index contributed by atoms with van der Waals surface area (Å²) >= 11 is 5.85. The maximum atomic E-state index is 13.0. The Bertz CT molecular complexity index is 931. The van der Waals surface area contributed by atoms with Crippen molar-refractivity contribution in [2.75, 3.05) is 13.2 Å². The van der Waals surface area contributed by atoms with Crippen molar-refractivity contribution in [3.8, 4) is 5.75 Å². The van der Waals surface area contributed by atoms with Crippen LogP contribution in [-0.2, 0) is 21.4 Å². The number of hydrogen-bond acceptors (Lipinski definition) is 4. The van der Waals surface area contributed by atoms with Gasteiger partial charge in [-0.15, -0.1) is 0 Å². The van der Waals surface area contributed by atoms with E-state index in [1.54, 1.807) is 0 Å². The van der Waals surface area contributed by atoms with Crippen molar-refractivity contribution in [1.82, 2.24) is 9.62 Å². The number of carbonyl (C=O) groups is 1. The SMILES string of the molecule is CCOc1ccccc1CNC(=O)C1CCCN1S(=O)(=O)c1ccc(Cl)cc1. The molecule has 1 heterocycles. The van der Waals surface area contributed by atoms with E-state index in [9.17, 15) is 13.2 Å². The zero-order chi connectivity index (χ0) is 20.1. The van der Waals surface area contributed by atoms with E-state index in [0.29, 0.717) is 36.8 Å². The molecule has 2 aromatic rings. The molecule has 28 heavy (non-hydrogen) atoms. The summed E-state index contributed by atoms with van der Waals surface area (Å²) in [6, 6.07) is 12.7. The van der Waals surface area contributed by atoms with Crippen molar-refractivity contribution >= 4 is 27.5 Å². The van der Waals surface area contributed by atoms with E-state index >= 15 is 0 Å². The highest BCUT2D eigenvalue weighted by Crippen LogP contribution is 2.27. The van der Waals surface area contributed by atoms with Crippen LogP contribution in [0.25, 0.3) is 0 Å². The third-order valence-electron chi connectivity index (χ3n) is 4.65. The van der Waals surface area contributed by atoms with E-state index < -0.39 is 16.1 Å². The molecule has 2 aromatic carbocycles. The topological polar surface area (TPSA) is 75.7 Å². The van der Waals surface area contributed by atoms with Crippen molar-refractivity contribution in [2.24, 2.45) is 0 Å². The van der Waals surface area contributed by atoms with E-state index in [2.05, 4.69) is 5.32 Å². The molecule has 6 nitrogen and oxygen atoms in total. The van der Waals surface area contributed by atoms with Gasteiger partial charge in [-0.05, 0) is 50.1 Å². The lowest BCUT2D eigenvalue weighted by Gasteiger charge is -2.23. The van der Waals surface area contributed by atoms with Crippen LogP contribution in [0.3, 0.4) is 0 Å². The number of nitrogens with one attached hydrogen (secondary N) is 1. The van der Waals surface area contributed by atoms with Crippen LogP contribution in [0.2, 0.25) is 5.02 Å². The third-order valence-corrected chi connectivity index (χ3v) is 6.83. The zero-order valence-electron chi connectivity index (χ0n) is 15.6. The minimum absolute atomic E-state index is 0.137. The van der Waals surface area contributed by atoms with E-state index in [1.165, 1.54) is 28.6 Å². The number of carbonyl (C=O) groups excluding carboxylic acids is 1. The first kappa shape index (κ1) is 20.6. The lowest BCUT2D eigenvalue weighted by Crippen LogP contribution is -2.45. The molecule has 8 heteroatoms. The Morgan fingerprint density at radius 2 is 1.93 bits per heavy atom. The Kier molecular flexibility index (Phi) is 6.59. The molecule has 0 radical (unpaired) electrons. The lowest BCUT2D eigenvalue weighted by molar-refractivity contribution is -0.124. The van der Waals surface area contributed by atoms with E-state index in [4.69, 9.17) is 16.3 Å². The zero-order valence-corrected chi connectivity index (χ0v) is 17.2. The Morgan fingerprint density at radius 3 is 2.64 bits per heavy atom. The second-order valence-corrected chi connectivity index (χ2v) is 8.81. The van der Waals surface area contributed by atoms with Gasteiger partial charge in [-0.2, -0.15) is 4.31 Å². The van der Waals surface area contributed by atoms with Gasteiger partial charge in [0.2, 0.25) is 15.9 Å². The molecule has 1 aliphatic rings. The molecular formula is C20H23ClN2O4S. The molecule has 1 N–H and O–H groups in total. The minimum atomic E-state index is -3.76. The van der Waals surface area contributed by atoms with Crippen LogP contribution < -0.4 is 10.1 Å². The standard InChI is InChI=1S/C20H23ClN2O4S/c1-2-27-19-8-4-3-6-15(19)14-22-20(24)18-7-5-13-23(18)28(25,26)17-11-9-16(21)10-12-17/h3-4,6,8-12,18H,2,5,7,13-14H2,1H3,(H,22,24). The molecule has 0 saturated carbocycles. The molecule has 3 rings (SSSR count). The molecule has 1 atom stereocenters. The summed E-state index contributed by atoms with van der Waals surface area (Å²) in [4.78, 5) is 12.9. The van der Waals surface area contributed by atoms with Crippen molar-refractivity contribution in [1.29, 1.82) is 0 Å². The fourth-order valence-electron chi connectivity index (χ4n) is 3.28. The molecule has 1 fully saturated rings. The molecule has 1 aliphatic heterocycles. The number of para-hydroxylation sites is 1. The molecule has 0 aliphatic carbocycles. The molecule has 0 aromatic heterocycles. The van der Waals surface area contributed by atoms with E-state index in [-0.39, 0.29) is 17.3 Å². The number of sulfonamides is 1. The molecule has 150 valence electrons. The van der Waals surface area contributed by atoms with Crippen molar-refractivity contribution in [2.45, 2.75) is 37.2 Å². The van der Waals surface area contributed by atoms with Crippen LogP contribution in [0.1, 0.15) is 25.3 Å². The highest BCUT2D eigenvalue weighted by Gasteiger charge is 2.39. The van der Waals surface area contributed by atoms with Gasteiger partial charge in [0.05, 0.1) is 11.5 Å². The van der Waals surface area contributed by atoms with Crippen LogP contribution in [0, 0.1) is 0 Å². The van der Waals surface area contributed by atoms with E-state index in [1.807, 2.05) is 31.2 Å². The smallest absolute Gasteiger partial charge is 0.243 e. The number of hydrogen-bond donors (Lipinski definition) is 1. The monoisotopic (exact) mass is 422 g/mol. The second kappa shape index (κ2) is 8.94.